The van der Waals surface area contributed by atoms with E-state index in [9.17, 15) is 4.79 Å². The van der Waals surface area contributed by atoms with Crippen LogP contribution in [0.4, 0.5) is 5.69 Å². The third-order valence-electron chi connectivity index (χ3n) is 2.92. The van der Waals surface area contributed by atoms with Crippen LogP contribution < -0.4 is 10.6 Å². The summed E-state index contributed by atoms with van der Waals surface area (Å²) in [6, 6.07) is 5.67. The molecule has 114 valence electrons. The van der Waals surface area contributed by atoms with Gasteiger partial charge in [0.1, 0.15) is 6.33 Å². The van der Waals surface area contributed by atoms with Crippen LogP contribution in [0.2, 0.25) is 0 Å². The van der Waals surface area contributed by atoms with E-state index in [1.807, 2.05) is 32.2 Å². The van der Waals surface area contributed by atoms with Crippen LogP contribution in [-0.4, -0.2) is 39.7 Å². The van der Waals surface area contributed by atoms with E-state index in [4.69, 9.17) is 0 Å². The summed E-state index contributed by atoms with van der Waals surface area (Å²) in [5.41, 5.74) is 2.63. The second-order valence-corrected chi connectivity index (χ2v) is 4.51. The highest BCUT2D eigenvalue weighted by Gasteiger charge is 2.07. The summed E-state index contributed by atoms with van der Waals surface area (Å²) >= 11 is 0. The van der Waals surface area contributed by atoms with Crippen molar-refractivity contribution in [3.8, 4) is 5.69 Å². The fourth-order valence-corrected chi connectivity index (χ4v) is 1.85. The molecule has 1 heterocycles. The number of nitrogens with zero attached hydrogens (tertiary/aromatic N) is 4. The van der Waals surface area contributed by atoms with Gasteiger partial charge in [0.05, 0.1) is 5.69 Å². The zero-order valence-electron chi connectivity index (χ0n) is 12.0. The van der Waals surface area contributed by atoms with Gasteiger partial charge in [-0.3, -0.25) is 4.79 Å². The van der Waals surface area contributed by atoms with Gasteiger partial charge in [0, 0.05) is 12.1 Å². The maximum Gasteiger partial charge on any atom is 0.224 e. The molecule has 0 saturated carbocycles. The smallest absolute Gasteiger partial charge is 0.224 e. The monoisotopic (exact) mass is 310 g/mol. The van der Waals surface area contributed by atoms with Crippen molar-refractivity contribution >= 4 is 24.0 Å². The molecular formula is C13H19ClN6O. The van der Waals surface area contributed by atoms with Crippen LogP contribution in [0.15, 0.2) is 24.5 Å². The molecule has 21 heavy (non-hydrogen) atoms. The average molecular weight is 311 g/mol. The number of hydrogen-bond acceptors (Lipinski definition) is 5. The van der Waals surface area contributed by atoms with Crippen LogP contribution in [0.3, 0.4) is 0 Å². The lowest BCUT2D eigenvalue weighted by Crippen LogP contribution is -2.15. The second-order valence-electron chi connectivity index (χ2n) is 4.51. The molecule has 0 atom stereocenters. The molecule has 1 aromatic carbocycles. The zero-order valence-corrected chi connectivity index (χ0v) is 12.9. The van der Waals surface area contributed by atoms with Crippen molar-refractivity contribution in [2.75, 3.05) is 18.9 Å². The van der Waals surface area contributed by atoms with Gasteiger partial charge in [0.15, 0.2) is 0 Å². The molecule has 0 unspecified atom stereocenters. The van der Waals surface area contributed by atoms with E-state index in [1.54, 1.807) is 4.68 Å². The van der Waals surface area contributed by atoms with Gasteiger partial charge in [0.2, 0.25) is 5.91 Å². The molecule has 0 spiro atoms. The Morgan fingerprint density at radius 1 is 1.38 bits per heavy atom. The first-order valence-electron chi connectivity index (χ1n) is 6.49. The quantitative estimate of drug-likeness (QED) is 0.786. The summed E-state index contributed by atoms with van der Waals surface area (Å²) in [6.45, 7) is 2.80. The van der Waals surface area contributed by atoms with E-state index in [2.05, 4.69) is 26.2 Å². The molecule has 0 saturated heterocycles. The predicted octanol–water partition coefficient (Wildman–Crippen LogP) is 1.33. The van der Waals surface area contributed by atoms with Gasteiger partial charge in [-0.05, 0) is 55.1 Å². The third-order valence-corrected chi connectivity index (χ3v) is 2.92. The molecule has 0 aliphatic heterocycles. The van der Waals surface area contributed by atoms with Crippen molar-refractivity contribution in [3.63, 3.8) is 0 Å². The van der Waals surface area contributed by atoms with Crippen molar-refractivity contribution in [1.29, 1.82) is 0 Å². The van der Waals surface area contributed by atoms with E-state index < -0.39 is 0 Å². The highest BCUT2D eigenvalue weighted by atomic mass is 35.5. The largest absolute Gasteiger partial charge is 0.326 e. The van der Waals surface area contributed by atoms with Gasteiger partial charge < -0.3 is 10.6 Å². The highest BCUT2D eigenvalue weighted by molar-refractivity contribution is 5.91. The van der Waals surface area contributed by atoms with Gasteiger partial charge in [-0.25, -0.2) is 4.68 Å². The molecule has 0 fully saturated rings. The van der Waals surface area contributed by atoms with E-state index >= 15 is 0 Å². The predicted molar refractivity (Wildman–Crippen MR) is 82.9 cm³/mol. The number of tetrazole rings is 1. The Bertz CT molecular complexity index is 572. The molecule has 1 amide bonds. The molecule has 7 nitrogen and oxygen atoms in total. The van der Waals surface area contributed by atoms with Gasteiger partial charge >= 0.3 is 0 Å². The van der Waals surface area contributed by atoms with Crippen molar-refractivity contribution in [3.05, 3.63) is 30.1 Å². The molecule has 2 aromatic rings. The minimum absolute atomic E-state index is 0. The number of aromatic nitrogens is 4. The number of amides is 1. The Morgan fingerprint density at radius 3 is 2.86 bits per heavy atom. The van der Waals surface area contributed by atoms with E-state index in [0.717, 1.165) is 29.9 Å². The summed E-state index contributed by atoms with van der Waals surface area (Å²) in [4.78, 5) is 11.8. The first-order chi connectivity index (χ1) is 9.70. The molecule has 1 aromatic heterocycles. The van der Waals surface area contributed by atoms with Crippen LogP contribution in [0.5, 0.6) is 0 Å². The van der Waals surface area contributed by atoms with Crippen LogP contribution in [0.25, 0.3) is 5.69 Å². The number of nitrogens with one attached hydrogen (secondary N) is 2. The molecule has 2 N–H and O–H groups in total. The summed E-state index contributed by atoms with van der Waals surface area (Å²) in [5, 5.41) is 17.0. The molecule has 2 rings (SSSR count). The lowest BCUT2D eigenvalue weighted by Gasteiger charge is -2.09. The Hall–Kier alpha value is -1.99. The van der Waals surface area contributed by atoms with Crippen LogP contribution in [-0.2, 0) is 4.79 Å². The van der Waals surface area contributed by atoms with Crippen molar-refractivity contribution in [1.82, 2.24) is 25.5 Å². The number of carbonyl (C=O) groups excluding carboxylic acids is 1. The summed E-state index contributed by atoms with van der Waals surface area (Å²) in [7, 11) is 1.87. The lowest BCUT2D eigenvalue weighted by molar-refractivity contribution is -0.116. The molecule has 0 aliphatic rings. The van der Waals surface area contributed by atoms with E-state index in [-0.39, 0.29) is 18.3 Å². The Labute approximate surface area is 129 Å². The SMILES string of the molecule is CNCCCC(=O)Nc1ccc(C)c(-n2cnnn2)c1.Cl. The van der Waals surface area contributed by atoms with E-state index in [0.29, 0.717) is 6.42 Å². The molecule has 0 bridgehead atoms. The minimum Gasteiger partial charge on any atom is -0.326 e. The first-order valence-corrected chi connectivity index (χ1v) is 6.49. The van der Waals surface area contributed by atoms with Gasteiger partial charge in [0.25, 0.3) is 0 Å². The lowest BCUT2D eigenvalue weighted by atomic mass is 10.1. The number of benzene rings is 1. The number of halogens is 1. The average Bonchev–Trinajstić information content (AvgIpc) is 2.95. The third kappa shape index (κ3) is 4.80. The van der Waals surface area contributed by atoms with Crippen LogP contribution >= 0.6 is 12.4 Å². The summed E-state index contributed by atoms with van der Waals surface area (Å²) < 4.78 is 1.58. The first kappa shape index (κ1) is 17.1. The Morgan fingerprint density at radius 2 is 2.19 bits per heavy atom. The fourth-order valence-electron chi connectivity index (χ4n) is 1.85. The van der Waals surface area contributed by atoms with Crippen molar-refractivity contribution < 1.29 is 4.79 Å². The number of hydrogen-bond donors (Lipinski definition) is 2. The fraction of sp³-hybridized carbons (Fsp3) is 0.385. The Balaban J connectivity index is 0.00000220. The summed E-state index contributed by atoms with van der Waals surface area (Å²) in [5.74, 6) is 0.00627. The molecule has 8 heteroatoms. The maximum atomic E-state index is 11.8. The van der Waals surface area contributed by atoms with Gasteiger partial charge in [-0.1, -0.05) is 6.07 Å². The normalized spacial score (nSPS) is 10.0. The standard InChI is InChI=1S/C13H18N6O.ClH/c1-10-5-6-11(16-13(20)4-3-7-14-2)8-12(10)19-9-15-17-18-19;/h5-6,8-9,14H,3-4,7H2,1-2H3,(H,16,20);1H. The molecular weight excluding hydrogens is 292 g/mol. The maximum absolute atomic E-state index is 11.8. The van der Waals surface area contributed by atoms with Gasteiger partial charge in [-0.2, -0.15) is 0 Å². The van der Waals surface area contributed by atoms with Gasteiger partial charge in [-0.15, -0.1) is 17.5 Å². The highest BCUT2D eigenvalue weighted by Crippen LogP contribution is 2.18. The van der Waals surface area contributed by atoms with Crippen molar-refractivity contribution in [2.24, 2.45) is 0 Å². The minimum atomic E-state index is 0. The van der Waals surface area contributed by atoms with Crippen LogP contribution in [0.1, 0.15) is 18.4 Å². The number of aryl methyl sites for hydroxylation is 1. The number of carbonyl (C=O) groups is 1. The number of anilines is 1. The van der Waals surface area contributed by atoms with Crippen LogP contribution in [0, 0.1) is 6.92 Å². The zero-order chi connectivity index (χ0) is 14.4. The molecule has 0 aliphatic carbocycles. The number of rotatable bonds is 6. The topological polar surface area (TPSA) is 84.7 Å². The summed E-state index contributed by atoms with van der Waals surface area (Å²) in [6.07, 6.45) is 2.84. The molecule has 0 radical (unpaired) electrons. The van der Waals surface area contributed by atoms with E-state index in [1.165, 1.54) is 6.33 Å². The Kier molecular flexibility index (Phi) is 6.77. The second kappa shape index (κ2) is 8.33. The van der Waals surface area contributed by atoms with Crippen molar-refractivity contribution in [2.45, 2.75) is 19.8 Å².